The van der Waals surface area contributed by atoms with Gasteiger partial charge in [0.2, 0.25) is 11.8 Å². The van der Waals surface area contributed by atoms with Gasteiger partial charge in [0.1, 0.15) is 6.61 Å². The summed E-state index contributed by atoms with van der Waals surface area (Å²) in [4.78, 5) is 81.6. The van der Waals surface area contributed by atoms with E-state index in [1.165, 1.54) is 14.2 Å². The molecule has 2 rings (SSSR count). The van der Waals surface area contributed by atoms with Gasteiger partial charge in [-0.05, 0) is 143 Å². The predicted molar refractivity (Wildman–Crippen MR) is 252 cm³/mol. The third kappa shape index (κ3) is 13.3. The number of aliphatic hydroxyl groups excluding tert-OH is 6. The summed E-state index contributed by atoms with van der Waals surface area (Å²) >= 11 is 10.7. The Morgan fingerprint density at radius 1 is 0.571 bits per heavy atom. The first-order chi connectivity index (χ1) is 26.3. The van der Waals surface area contributed by atoms with Gasteiger partial charge in [-0.25, -0.2) is 0 Å². The van der Waals surface area contributed by atoms with Crippen molar-refractivity contribution >= 4 is 182 Å². The number of benzene rings is 2. The van der Waals surface area contributed by atoms with Crippen molar-refractivity contribution in [3.8, 4) is 0 Å². The maximum atomic E-state index is 14.4. The van der Waals surface area contributed by atoms with Gasteiger partial charge in [-0.15, -0.1) is 0 Å². The molecule has 0 fully saturated rings. The maximum Gasteiger partial charge on any atom is 0.253 e. The summed E-state index contributed by atoms with van der Waals surface area (Å²) in [6, 6.07) is -1.69. The standard InChI is InChI=1S/C31H36I6N6O13/c1-38-26(27(51)14-18(32)15(28(52)39-3-10(47)6-44)21(35)24(20(14)34)42-13(50)9-56-2)31(55)43-25-22(36)16(29(53)40-4-11(48)7-45)19(33)17(23(25)37)30(54)41-5-12(49)8-46/h10-12,26,38,44-49H,3-9H2,1-2H3,(H,39,52)(H,40,53)(H,41,54)(H,42,50)(H,43,55). The zero-order valence-electron chi connectivity index (χ0n) is 29.1. The number of halogens is 6. The Bertz CT molecular complexity index is 1790. The van der Waals surface area contributed by atoms with E-state index in [9.17, 15) is 59.4 Å². The van der Waals surface area contributed by atoms with Gasteiger partial charge in [0.05, 0.1) is 76.9 Å². The van der Waals surface area contributed by atoms with Crippen LogP contribution in [0.4, 0.5) is 11.4 Å². The Balaban J connectivity index is 2.79. The first-order valence-electron chi connectivity index (χ1n) is 15.8. The molecule has 0 aliphatic heterocycles. The minimum Gasteiger partial charge on any atom is -0.394 e. The second-order valence-corrected chi connectivity index (χ2v) is 17.8. The van der Waals surface area contributed by atoms with Crippen molar-refractivity contribution in [2.75, 3.05) is 70.9 Å². The highest BCUT2D eigenvalue weighted by Gasteiger charge is 2.36. The molecule has 2 aromatic rings. The normalized spacial score (nSPS) is 13.2. The van der Waals surface area contributed by atoms with Gasteiger partial charge in [0.25, 0.3) is 17.7 Å². The lowest BCUT2D eigenvalue weighted by molar-refractivity contribution is -0.119. The molecule has 0 spiro atoms. The monoisotopic (exact) mass is 1460 g/mol. The van der Waals surface area contributed by atoms with Crippen LogP contribution in [0.3, 0.4) is 0 Å². The Labute approximate surface area is 401 Å². The molecule has 0 aromatic heterocycles. The fourth-order valence-electron chi connectivity index (χ4n) is 4.48. The summed E-state index contributed by atoms with van der Waals surface area (Å²) in [7, 11) is 2.62. The van der Waals surface area contributed by atoms with Crippen LogP contribution in [-0.2, 0) is 14.3 Å². The van der Waals surface area contributed by atoms with Crippen LogP contribution in [0, 0.1) is 21.4 Å². The van der Waals surface area contributed by atoms with Crippen LogP contribution in [0.2, 0.25) is 0 Å². The number of carbonyl (C=O) groups is 6. The van der Waals surface area contributed by atoms with Gasteiger partial charge >= 0.3 is 0 Å². The molecule has 0 saturated heterocycles. The molecule has 2 aromatic carbocycles. The largest absolute Gasteiger partial charge is 0.394 e. The molecule has 0 aliphatic carbocycles. The molecule has 56 heavy (non-hydrogen) atoms. The molecule has 0 radical (unpaired) electrons. The molecule has 0 saturated carbocycles. The van der Waals surface area contributed by atoms with Gasteiger partial charge in [-0.1, -0.05) is 0 Å². The number of amides is 5. The van der Waals surface area contributed by atoms with E-state index in [1.807, 2.05) is 22.6 Å². The zero-order valence-corrected chi connectivity index (χ0v) is 42.0. The molecular weight excluding hydrogens is 1430 g/mol. The van der Waals surface area contributed by atoms with Gasteiger partial charge in [0.15, 0.2) is 11.8 Å². The number of ether oxygens (including phenoxy) is 1. The first-order valence-corrected chi connectivity index (χ1v) is 22.2. The van der Waals surface area contributed by atoms with Crippen molar-refractivity contribution in [1.82, 2.24) is 21.3 Å². The molecule has 5 amide bonds. The Morgan fingerprint density at radius 2 is 0.911 bits per heavy atom. The van der Waals surface area contributed by atoms with Crippen LogP contribution in [0.1, 0.15) is 41.4 Å². The summed E-state index contributed by atoms with van der Waals surface area (Å²) in [5.41, 5.74) is -0.425. The molecule has 25 heteroatoms. The van der Waals surface area contributed by atoms with Crippen molar-refractivity contribution in [3.05, 3.63) is 43.7 Å². The summed E-state index contributed by atoms with van der Waals surface area (Å²) in [6.07, 6.45) is -3.90. The van der Waals surface area contributed by atoms with E-state index in [2.05, 4.69) is 31.9 Å². The lowest BCUT2D eigenvalue weighted by Gasteiger charge is -2.23. The summed E-state index contributed by atoms with van der Waals surface area (Å²) in [6.45, 7) is -3.38. The number of hydrogen-bond acceptors (Lipinski definition) is 14. The fraction of sp³-hybridized carbons (Fsp3) is 0.419. The average Bonchev–Trinajstić information content (AvgIpc) is 3.15. The van der Waals surface area contributed by atoms with Gasteiger partial charge in [0, 0.05) is 43.0 Å². The van der Waals surface area contributed by atoms with E-state index in [0.717, 1.165) is 0 Å². The van der Waals surface area contributed by atoms with Crippen molar-refractivity contribution in [2.24, 2.45) is 0 Å². The summed E-state index contributed by atoms with van der Waals surface area (Å²) in [5.74, 6) is -4.77. The zero-order chi connectivity index (χ0) is 42.6. The third-order valence-electron chi connectivity index (χ3n) is 7.29. The Kier molecular flexibility index (Phi) is 22.8. The molecule has 0 heterocycles. The lowest BCUT2D eigenvalue weighted by Crippen LogP contribution is -2.46. The molecule has 4 unspecified atom stereocenters. The minimum atomic E-state index is -1.69. The molecule has 0 aliphatic rings. The molecule has 4 atom stereocenters. The van der Waals surface area contributed by atoms with E-state index in [-0.39, 0.29) is 81.3 Å². The number of likely N-dealkylation sites (N-methyl/N-ethyl adjacent to an activating group) is 1. The lowest BCUT2D eigenvalue weighted by atomic mass is 9.99. The highest BCUT2D eigenvalue weighted by molar-refractivity contribution is 14.1. The molecule has 310 valence electrons. The number of Topliss-reactive ketones (excluding diaryl/α,β-unsaturated/α-hetero) is 1. The minimum absolute atomic E-state index is 0.0609. The van der Waals surface area contributed by atoms with Crippen LogP contribution >= 0.6 is 136 Å². The smallest absolute Gasteiger partial charge is 0.253 e. The molecule has 12 N–H and O–H groups in total. The first kappa shape index (κ1) is 51.7. The second kappa shape index (κ2) is 24.7. The van der Waals surface area contributed by atoms with Crippen LogP contribution in [-0.4, -0.2) is 151 Å². The molecular formula is C31H36I6N6O13. The van der Waals surface area contributed by atoms with Crippen molar-refractivity contribution in [1.29, 1.82) is 0 Å². The topological polar surface area (TPSA) is 305 Å². The van der Waals surface area contributed by atoms with Crippen LogP contribution < -0.4 is 31.9 Å². The number of rotatable bonds is 20. The predicted octanol–water partition coefficient (Wildman–Crippen LogP) is -0.442. The number of nitrogens with one attached hydrogen (secondary N) is 6. The van der Waals surface area contributed by atoms with Gasteiger partial charge in [-0.3, -0.25) is 28.8 Å². The molecule has 19 nitrogen and oxygen atoms in total. The average molecular weight is 1460 g/mol. The van der Waals surface area contributed by atoms with Gasteiger partial charge < -0.3 is 67.3 Å². The van der Waals surface area contributed by atoms with E-state index in [4.69, 9.17) is 4.74 Å². The quantitative estimate of drug-likeness (QED) is 0.0455. The number of anilines is 2. The van der Waals surface area contributed by atoms with E-state index in [0.29, 0.717) is 0 Å². The summed E-state index contributed by atoms with van der Waals surface area (Å²) in [5, 5.41) is 72.5. The highest BCUT2D eigenvalue weighted by Crippen LogP contribution is 2.38. The fourth-order valence-corrected chi connectivity index (χ4v) is 13.4. The summed E-state index contributed by atoms with van der Waals surface area (Å²) < 4.78 is 5.75. The third-order valence-corrected chi connectivity index (χ3v) is 13.8. The Morgan fingerprint density at radius 3 is 1.25 bits per heavy atom. The van der Waals surface area contributed by atoms with E-state index in [1.54, 1.807) is 113 Å². The SMILES string of the molecule is CNC(C(=O)Nc1c(I)c(C(=O)NCC(O)CO)c(I)c(C(=O)NCC(O)CO)c1I)C(=O)c1c(I)c(NC(=O)COC)c(I)c(C(=O)NCC(O)CO)c1I. The van der Waals surface area contributed by atoms with E-state index < -0.39 is 79.5 Å². The van der Waals surface area contributed by atoms with Crippen LogP contribution in [0.15, 0.2) is 0 Å². The van der Waals surface area contributed by atoms with E-state index >= 15 is 0 Å². The Hall–Kier alpha value is -0.480. The van der Waals surface area contributed by atoms with Crippen molar-refractivity contribution in [2.45, 2.75) is 24.4 Å². The molecule has 0 bridgehead atoms. The van der Waals surface area contributed by atoms with Crippen LogP contribution in [0.25, 0.3) is 0 Å². The second-order valence-electron chi connectivity index (χ2n) is 11.3. The number of ketones is 1. The number of hydrogen-bond donors (Lipinski definition) is 12. The van der Waals surface area contributed by atoms with Crippen LogP contribution in [0.5, 0.6) is 0 Å². The van der Waals surface area contributed by atoms with Crippen molar-refractivity contribution < 1.29 is 64.1 Å². The number of aliphatic hydroxyl groups is 6. The maximum absolute atomic E-state index is 14.4. The van der Waals surface area contributed by atoms with Crippen molar-refractivity contribution in [3.63, 3.8) is 0 Å². The highest BCUT2D eigenvalue weighted by atomic mass is 127. The number of carbonyl (C=O) groups excluding carboxylic acids is 6. The van der Waals surface area contributed by atoms with Gasteiger partial charge in [-0.2, -0.15) is 0 Å². The number of methoxy groups -OCH3 is 1.